The van der Waals surface area contributed by atoms with Crippen LogP contribution in [0.1, 0.15) is 30.4 Å². The van der Waals surface area contributed by atoms with E-state index in [0.29, 0.717) is 26.1 Å². The molecule has 2 aromatic carbocycles. The number of amides is 2. The largest absolute Gasteiger partial charge is 0.491 e. The number of hydrogen-bond donors (Lipinski definition) is 1. The van der Waals surface area contributed by atoms with Crippen LogP contribution in [0.25, 0.3) is 0 Å². The molecule has 140 valence electrons. The number of carbonyl (C=O) groups excluding carboxylic acids is 2. The first-order valence-corrected chi connectivity index (χ1v) is 9.57. The molecule has 27 heavy (non-hydrogen) atoms. The first-order chi connectivity index (χ1) is 13.2. The maximum Gasteiger partial charge on any atom is 0.227 e. The highest BCUT2D eigenvalue weighted by atomic mass is 16.5. The Labute approximate surface area is 159 Å². The van der Waals surface area contributed by atoms with E-state index >= 15 is 0 Å². The van der Waals surface area contributed by atoms with Gasteiger partial charge in [-0.3, -0.25) is 9.59 Å². The van der Waals surface area contributed by atoms with Crippen LogP contribution in [0, 0.1) is 5.92 Å². The molecule has 2 aliphatic rings. The summed E-state index contributed by atoms with van der Waals surface area (Å²) in [5.41, 5.74) is 2.88. The molecule has 0 aromatic heterocycles. The molecule has 4 rings (SSSR count). The van der Waals surface area contributed by atoms with E-state index in [9.17, 15) is 9.59 Å². The Morgan fingerprint density at radius 1 is 1.11 bits per heavy atom. The minimum absolute atomic E-state index is 0.0836. The van der Waals surface area contributed by atoms with Crippen molar-refractivity contribution in [2.24, 2.45) is 5.92 Å². The van der Waals surface area contributed by atoms with Gasteiger partial charge in [-0.25, -0.2) is 0 Å². The molecule has 0 spiro atoms. The molecule has 2 aromatic rings. The monoisotopic (exact) mass is 364 g/mol. The molecule has 1 aliphatic heterocycles. The lowest BCUT2D eigenvalue weighted by atomic mass is 10.1. The lowest BCUT2D eigenvalue weighted by Gasteiger charge is -2.20. The summed E-state index contributed by atoms with van der Waals surface area (Å²) >= 11 is 0. The van der Waals surface area contributed by atoms with E-state index < -0.39 is 0 Å². The van der Waals surface area contributed by atoms with Gasteiger partial charge >= 0.3 is 0 Å². The van der Waals surface area contributed by atoms with Crippen molar-refractivity contribution in [3.05, 3.63) is 59.7 Å². The lowest BCUT2D eigenvalue weighted by molar-refractivity contribution is -0.131. The second-order valence-corrected chi connectivity index (χ2v) is 7.24. The van der Waals surface area contributed by atoms with Gasteiger partial charge in [-0.05, 0) is 43.0 Å². The zero-order valence-electron chi connectivity index (χ0n) is 15.3. The highest BCUT2D eigenvalue weighted by Gasteiger charge is 2.29. The predicted molar refractivity (Wildman–Crippen MR) is 103 cm³/mol. The number of anilines is 1. The van der Waals surface area contributed by atoms with Gasteiger partial charge in [-0.1, -0.05) is 30.3 Å². The zero-order valence-corrected chi connectivity index (χ0v) is 15.3. The topological polar surface area (TPSA) is 58.6 Å². The number of rotatable bonds is 5. The average molecular weight is 364 g/mol. The van der Waals surface area contributed by atoms with Gasteiger partial charge < -0.3 is 15.0 Å². The quantitative estimate of drug-likeness (QED) is 0.885. The molecule has 0 saturated heterocycles. The number of benzene rings is 2. The maximum absolute atomic E-state index is 12.7. The third kappa shape index (κ3) is 4.48. The van der Waals surface area contributed by atoms with Crippen LogP contribution in [-0.4, -0.2) is 29.9 Å². The van der Waals surface area contributed by atoms with Crippen molar-refractivity contribution in [2.45, 2.75) is 32.2 Å². The van der Waals surface area contributed by atoms with E-state index in [4.69, 9.17) is 4.74 Å². The van der Waals surface area contributed by atoms with E-state index in [2.05, 4.69) is 5.32 Å². The molecule has 1 saturated carbocycles. The standard InChI is InChI=1S/C22H24N2O3/c25-21(11-6-16-4-2-1-3-5-16)24-12-13-27-20-10-9-19(14-18(20)15-24)23-22(26)17-7-8-17/h1-5,9-10,14,17H,6-8,11-13,15H2,(H,23,26). The molecule has 0 bridgehead atoms. The van der Waals surface area contributed by atoms with Crippen molar-refractivity contribution >= 4 is 17.5 Å². The fourth-order valence-electron chi connectivity index (χ4n) is 3.33. The average Bonchev–Trinajstić information content (AvgIpc) is 3.53. The summed E-state index contributed by atoms with van der Waals surface area (Å²) in [4.78, 5) is 26.5. The summed E-state index contributed by atoms with van der Waals surface area (Å²) in [5, 5.41) is 2.97. The first-order valence-electron chi connectivity index (χ1n) is 9.57. The number of nitrogens with zero attached hydrogens (tertiary/aromatic N) is 1. The molecular weight excluding hydrogens is 340 g/mol. The highest BCUT2D eigenvalue weighted by Crippen LogP contribution is 2.31. The van der Waals surface area contributed by atoms with Crippen LogP contribution < -0.4 is 10.1 Å². The molecule has 1 heterocycles. The lowest BCUT2D eigenvalue weighted by Crippen LogP contribution is -2.32. The van der Waals surface area contributed by atoms with Gasteiger partial charge in [0.1, 0.15) is 12.4 Å². The first kappa shape index (κ1) is 17.6. The van der Waals surface area contributed by atoms with Gasteiger partial charge in [0, 0.05) is 30.1 Å². The van der Waals surface area contributed by atoms with Gasteiger partial charge in [0.15, 0.2) is 0 Å². The normalized spacial score (nSPS) is 16.1. The number of hydrogen-bond acceptors (Lipinski definition) is 3. The molecule has 0 unspecified atom stereocenters. The highest BCUT2D eigenvalue weighted by molar-refractivity contribution is 5.94. The van der Waals surface area contributed by atoms with E-state index in [1.54, 1.807) is 0 Å². The summed E-state index contributed by atoms with van der Waals surface area (Å²) in [6, 6.07) is 15.7. The minimum atomic E-state index is 0.0836. The van der Waals surface area contributed by atoms with E-state index in [1.165, 1.54) is 5.56 Å². The van der Waals surface area contributed by atoms with Gasteiger partial charge in [-0.15, -0.1) is 0 Å². The van der Waals surface area contributed by atoms with Gasteiger partial charge in [0.25, 0.3) is 0 Å². The summed E-state index contributed by atoms with van der Waals surface area (Å²) in [6.45, 7) is 1.57. The molecule has 0 radical (unpaired) electrons. The van der Waals surface area contributed by atoms with Crippen LogP contribution >= 0.6 is 0 Å². The van der Waals surface area contributed by atoms with Crippen LogP contribution in [-0.2, 0) is 22.6 Å². The summed E-state index contributed by atoms with van der Waals surface area (Å²) < 4.78 is 5.80. The van der Waals surface area contributed by atoms with E-state index in [0.717, 1.165) is 36.3 Å². The third-order valence-corrected chi connectivity index (χ3v) is 5.08. The van der Waals surface area contributed by atoms with Crippen LogP contribution in [0.15, 0.2) is 48.5 Å². The van der Waals surface area contributed by atoms with Gasteiger partial charge in [0.2, 0.25) is 11.8 Å². The Balaban J connectivity index is 1.41. The van der Waals surface area contributed by atoms with Gasteiger partial charge in [-0.2, -0.15) is 0 Å². The van der Waals surface area contributed by atoms with Gasteiger partial charge in [0.05, 0.1) is 6.54 Å². The van der Waals surface area contributed by atoms with Crippen LogP contribution in [0.4, 0.5) is 5.69 Å². The summed E-state index contributed by atoms with van der Waals surface area (Å²) in [7, 11) is 0. The second-order valence-electron chi connectivity index (χ2n) is 7.24. The van der Waals surface area contributed by atoms with Crippen molar-refractivity contribution in [3.8, 4) is 5.75 Å². The number of carbonyl (C=O) groups is 2. The zero-order chi connectivity index (χ0) is 18.6. The Morgan fingerprint density at radius 2 is 1.93 bits per heavy atom. The Morgan fingerprint density at radius 3 is 2.70 bits per heavy atom. The van der Waals surface area contributed by atoms with Crippen LogP contribution in [0.2, 0.25) is 0 Å². The summed E-state index contributed by atoms with van der Waals surface area (Å²) in [6.07, 6.45) is 3.17. The third-order valence-electron chi connectivity index (χ3n) is 5.08. The van der Waals surface area contributed by atoms with Crippen molar-refractivity contribution in [1.29, 1.82) is 0 Å². The Bertz CT molecular complexity index is 831. The fraction of sp³-hybridized carbons (Fsp3) is 0.364. The molecule has 5 nitrogen and oxygen atoms in total. The number of fused-ring (bicyclic) bond motifs is 1. The molecule has 1 fully saturated rings. The number of aryl methyl sites for hydroxylation is 1. The van der Waals surface area contributed by atoms with Crippen molar-refractivity contribution in [1.82, 2.24) is 4.90 Å². The molecule has 0 atom stereocenters. The fourth-order valence-corrected chi connectivity index (χ4v) is 3.33. The minimum Gasteiger partial charge on any atom is -0.491 e. The number of nitrogens with one attached hydrogen (secondary N) is 1. The smallest absolute Gasteiger partial charge is 0.227 e. The van der Waals surface area contributed by atoms with Crippen LogP contribution in [0.3, 0.4) is 0 Å². The van der Waals surface area contributed by atoms with Crippen LogP contribution in [0.5, 0.6) is 5.75 Å². The molecule has 5 heteroatoms. The Kier molecular flexibility index (Phi) is 5.10. The van der Waals surface area contributed by atoms with Crippen molar-refractivity contribution < 1.29 is 14.3 Å². The Hall–Kier alpha value is -2.82. The second kappa shape index (κ2) is 7.82. The van der Waals surface area contributed by atoms with E-state index in [1.807, 2.05) is 53.4 Å². The predicted octanol–water partition coefficient (Wildman–Crippen LogP) is 3.39. The maximum atomic E-state index is 12.7. The van der Waals surface area contributed by atoms with Crippen molar-refractivity contribution in [3.63, 3.8) is 0 Å². The molecule has 1 aliphatic carbocycles. The molecular formula is C22H24N2O3. The number of ether oxygens (including phenoxy) is 1. The van der Waals surface area contributed by atoms with E-state index in [-0.39, 0.29) is 17.7 Å². The summed E-state index contributed by atoms with van der Waals surface area (Å²) in [5.74, 6) is 1.16. The molecule has 2 amide bonds. The molecule has 1 N–H and O–H groups in total. The SMILES string of the molecule is O=C(Nc1ccc2c(c1)CN(C(=O)CCc1ccccc1)CCO2)C1CC1. The van der Waals surface area contributed by atoms with Crippen molar-refractivity contribution in [2.75, 3.05) is 18.5 Å².